The Hall–Kier alpha value is -3.42. The van der Waals surface area contributed by atoms with Crippen molar-refractivity contribution in [3.05, 3.63) is 101 Å². The third-order valence-electron chi connectivity index (χ3n) is 4.26. The van der Waals surface area contributed by atoms with E-state index in [2.05, 4.69) is 5.16 Å². The van der Waals surface area contributed by atoms with Crippen LogP contribution >= 0.6 is 11.6 Å². The summed E-state index contributed by atoms with van der Waals surface area (Å²) in [6.45, 7) is 0. The topological polar surface area (TPSA) is 82.0 Å². The molecule has 1 aliphatic rings. The van der Waals surface area contributed by atoms with Crippen LogP contribution in [-0.2, 0) is 19.8 Å². The molecule has 6 nitrogen and oxygen atoms in total. The highest BCUT2D eigenvalue weighted by molar-refractivity contribution is 7.87. The number of halogens is 1. The largest absolute Gasteiger partial charge is 0.378 e. The van der Waals surface area contributed by atoms with E-state index in [1.165, 1.54) is 36.4 Å². The fraction of sp³-hybridized carbons (Fsp3) is 0. The molecular formula is C22H14ClNO5S. The van der Waals surface area contributed by atoms with Gasteiger partial charge in [-0.05, 0) is 36.4 Å². The molecule has 1 aliphatic heterocycles. The van der Waals surface area contributed by atoms with E-state index >= 15 is 0 Å². The SMILES string of the molecule is O=C1ON=C(c2ccccc2)/C1=C/c1ccccc1OS(=O)(=O)c1ccc(Cl)cc1. The Morgan fingerprint density at radius 1 is 0.900 bits per heavy atom. The Labute approximate surface area is 178 Å². The van der Waals surface area contributed by atoms with E-state index in [0.29, 0.717) is 21.9 Å². The Morgan fingerprint density at radius 3 is 2.30 bits per heavy atom. The van der Waals surface area contributed by atoms with Gasteiger partial charge < -0.3 is 9.02 Å². The zero-order chi connectivity index (χ0) is 21.1. The van der Waals surface area contributed by atoms with Gasteiger partial charge in [0.2, 0.25) is 0 Å². The number of hydrogen-bond acceptors (Lipinski definition) is 6. The minimum atomic E-state index is -4.10. The molecule has 3 aromatic carbocycles. The van der Waals surface area contributed by atoms with Crippen molar-refractivity contribution in [2.24, 2.45) is 5.16 Å². The molecule has 0 amide bonds. The molecule has 0 atom stereocenters. The van der Waals surface area contributed by atoms with E-state index in [9.17, 15) is 13.2 Å². The summed E-state index contributed by atoms with van der Waals surface area (Å²) in [6.07, 6.45) is 1.49. The highest BCUT2D eigenvalue weighted by Crippen LogP contribution is 2.28. The molecule has 8 heteroatoms. The van der Waals surface area contributed by atoms with Crippen LogP contribution in [0.1, 0.15) is 11.1 Å². The molecule has 0 fully saturated rings. The number of nitrogens with zero attached hydrogens (tertiary/aromatic N) is 1. The fourth-order valence-corrected chi connectivity index (χ4v) is 3.89. The molecular weight excluding hydrogens is 426 g/mol. The highest BCUT2D eigenvalue weighted by atomic mass is 35.5. The number of oxime groups is 1. The van der Waals surface area contributed by atoms with Gasteiger partial charge in [0.05, 0.1) is 5.57 Å². The van der Waals surface area contributed by atoms with E-state index in [-0.39, 0.29) is 16.2 Å². The van der Waals surface area contributed by atoms with Crippen molar-refractivity contribution in [2.45, 2.75) is 4.90 Å². The number of rotatable bonds is 5. The van der Waals surface area contributed by atoms with E-state index in [1.54, 1.807) is 30.3 Å². The van der Waals surface area contributed by atoms with Crippen molar-refractivity contribution < 1.29 is 22.2 Å². The van der Waals surface area contributed by atoms with Gasteiger partial charge in [-0.1, -0.05) is 65.3 Å². The smallest absolute Gasteiger partial charge is 0.368 e. The quantitative estimate of drug-likeness (QED) is 0.333. The summed E-state index contributed by atoms with van der Waals surface area (Å²) in [5, 5.41) is 4.26. The van der Waals surface area contributed by atoms with Crippen LogP contribution in [0.4, 0.5) is 0 Å². The van der Waals surface area contributed by atoms with Crippen LogP contribution in [0.5, 0.6) is 5.75 Å². The second-order valence-electron chi connectivity index (χ2n) is 6.27. The lowest BCUT2D eigenvalue weighted by Crippen LogP contribution is -2.11. The molecule has 0 saturated carbocycles. The van der Waals surface area contributed by atoms with Crippen LogP contribution in [0.3, 0.4) is 0 Å². The molecule has 4 rings (SSSR count). The lowest BCUT2D eigenvalue weighted by molar-refractivity contribution is -0.136. The van der Waals surface area contributed by atoms with Crippen LogP contribution in [0, 0.1) is 0 Å². The van der Waals surface area contributed by atoms with Gasteiger partial charge in [-0.25, -0.2) is 4.79 Å². The maximum atomic E-state index is 12.7. The Balaban J connectivity index is 1.71. The average molecular weight is 440 g/mol. The van der Waals surface area contributed by atoms with Gasteiger partial charge >= 0.3 is 16.1 Å². The molecule has 30 heavy (non-hydrogen) atoms. The highest BCUT2D eigenvalue weighted by Gasteiger charge is 2.27. The monoisotopic (exact) mass is 439 g/mol. The first-order valence-electron chi connectivity index (χ1n) is 8.80. The minimum Gasteiger partial charge on any atom is -0.378 e. The van der Waals surface area contributed by atoms with Crippen LogP contribution in [0.15, 0.2) is 94.5 Å². The minimum absolute atomic E-state index is 0.0406. The Bertz CT molecular complexity index is 1270. The molecule has 0 spiro atoms. The van der Waals surface area contributed by atoms with Gasteiger partial charge in [-0.15, -0.1) is 0 Å². The van der Waals surface area contributed by atoms with Gasteiger partial charge in [-0.3, -0.25) is 0 Å². The Kier molecular flexibility index (Phi) is 5.39. The molecule has 0 unspecified atom stereocenters. The summed E-state index contributed by atoms with van der Waals surface area (Å²) in [5.74, 6) is -0.573. The molecule has 0 aromatic heterocycles. The first-order chi connectivity index (χ1) is 14.4. The fourth-order valence-electron chi connectivity index (χ4n) is 2.81. The number of carbonyl (C=O) groups is 1. The molecule has 150 valence electrons. The Morgan fingerprint density at radius 2 is 1.57 bits per heavy atom. The van der Waals surface area contributed by atoms with Crippen molar-refractivity contribution in [1.29, 1.82) is 0 Å². The third-order valence-corrected chi connectivity index (χ3v) is 5.76. The molecule has 0 saturated heterocycles. The predicted octanol–water partition coefficient (Wildman–Crippen LogP) is 4.45. The van der Waals surface area contributed by atoms with Crippen LogP contribution < -0.4 is 4.18 Å². The molecule has 0 bridgehead atoms. The number of carbonyl (C=O) groups excluding carboxylic acids is 1. The summed E-state index contributed by atoms with van der Waals surface area (Å²) in [7, 11) is -4.10. The van der Waals surface area contributed by atoms with Crippen molar-refractivity contribution >= 4 is 39.5 Å². The van der Waals surface area contributed by atoms with Crippen LogP contribution in [-0.4, -0.2) is 20.1 Å². The van der Waals surface area contributed by atoms with E-state index < -0.39 is 16.1 Å². The summed E-state index contributed by atoms with van der Waals surface area (Å²) in [5.41, 5.74) is 1.63. The zero-order valence-corrected chi connectivity index (χ0v) is 16.9. The number of benzene rings is 3. The molecule has 3 aromatic rings. The first kappa shape index (κ1) is 19.9. The number of para-hydroxylation sites is 1. The van der Waals surface area contributed by atoms with Crippen molar-refractivity contribution in [3.8, 4) is 5.75 Å². The van der Waals surface area contributed by atoms with E-state index in [0.717, 1.165) is 0 Å². The average Bonchev–Trinajstić information content (AvgIpc) is 3.10. The normalized spacial score (nSPS) is 15.0. The van der Waals surface area contributed by atoms with Gasteiger partial charge in [0, 0.05) is 16.1 Å². The van der Waals surface area contributed by atoms with Crippen molar-refractivity contribution in [2.75, 3.05) is 0 Å². The van der Waals surface area contributed by atoms with Gasteiger partial charge in [-0.2, -0.15) is 8.42 Å². The maximum absolute atomic E-state index is 12.7. The summed E-state index contributed by atoms with van der Waals surface area (Å²) in [6, 6.07) is 21.2. The van der Waals surface area contributed by atoms with Crippen LogP contribution in [0.25, 0.3) is 6.08 Å². The molecule has 1 heterocycles. The molecule has 0 radical (unpaired) electrons. The summed E-state index contributed by atoms with van der Waals surface area (Å²) >= 11 is 5.82. The lowest BCUT2D eigenvalue weighted by atomic mass is 10.0. The van der Waals surface area contributed by atoms with Gasteiger partial charge in [0.25, 0.3) is 0 Å². The second-order valence-corrected chi connectivity index (χ2v) is 8.25. The number of hydrogen-bond donors (Lipinski definition) is 0. The lowest BCUT2D eigenvalue weighted by Gasteiger charge is -2.10. The molecule has 0 N–H and O–H groups in total. The van der Waals surface area contributed by atoms with E-state index in [4.69, 9.17) is 20.6 Å². The first-order valence-corrected chi connectivity index (χ1v) is 10.6. The van der Waals surface area contributed by atoms with Gasteiger partial charge in [0.1, 0.15) is 16.4 Å². The maximum Gasteiger partial charge on any atom is 0.368 e. The summed E-state index contributed by atoms with van der Waals surface area (Å²) in [4.78, 5) is 17.0. The van der Waals surface area contributed by atoms with E-state index in [1.807, 2.05) is 18.2 Å². The molecule has 0 aliphatic carbocycles. The van der Waals surface area contributed by atoms with Gasteiger partial charge in [0.15, 0.2) is 0 Å². The summed E-state index contributed by atoms with van der Waals surface area (Å²) < 4.78 is 30.6. The second kappa shape index (κ2) is 8.14. The standard InChI is InChI=1S/C22H14ClNO5S/c23-17-10-12-18(13-11-17)30(26,27)29-20-9-5-4-8-16(20)14-19-21(24-28-22(19)25)15-6-2-1-3-7-15/h1-14H/b19-14-. The van der Waals surface area contributed by atoms with Crippen LogP contribution in [0.2, 0.25) is 5.02 Å². The predicted molar refractivity (Wildman–Crippen MR) is 113 cm³/mol. The third kappa shape index (κ3) is 4.12. The van der Waals surface area contributed by atoms with Crippen molar-refractivity contribution in [3.63, 3.8) is 0 Å². The van der Waals surface area contributed by atoms with Crippen molar-refractivity contribution in [1.82, 2.24) is 0 Å². The zero-order valence-electron chi connectivity index (χ0n) is 15.4.